The highest BCUT2D eigenvalue weighted by atomic mass is 35.5. The summed E-state index contributed by atoms with van der Waals surface area (Å²) in [5.74, 6) is -2.70. The molecule has 1 aliphatic heterocycles. The van der Waals surface area contributed by atoms with Crippen molar-refractivity contribution in [1.82, 2.24) is 10.3 Å². The van der Waals surface area contributed by atoms with E-state index in [0.29, 0.717) is 19.2 Å². The molecule has 10 heteroatoms. The van der Waals surface area contributed by atoms with Crippen molar-refractivity contribution in [3.8, 4) is 0 Å². The van der Waals surface area contributed by atoms with E-state index in [1.807, 2.05) is 0 Å². The number of aromatic nitrogens is 1. The molecule has 0 aliphatic carbocycles. The number of alkyl halides is 3. The van der Waals surface area contributed by atoms with E-state index < -0.39 is 40.9 Å². The molecule has 0 saturated carbocycles. The van der Waals surface area contributed by atoms with Crippen LogP contribution < -0.4 is 10.2 Å². The zero-order valence-electron chi connectivity index (χ0n) is 13.7. The summed E-state index contributed by atoms with van der Waals surface area (Å²) in [6, 6.07) is 3.42. The van der Waals surface area contributed by atoms with Crippen LogP contribution in [0.1, 0.15) is 22.3 Å². The SMILES string of the molecule is O=C(NC1CCN(c2ncc(C(F)(F)F)cc2Cl)C1)c1c(F)cccc1F. The Morgan fingerprint density at radius 2 is 1.93 bits per heavy atom. The molecule has 144 valence electrons. The van der Waals surface area contributed by atoms with Gasteiger partial charge in [0.1, 0.15) is 23.0 Å². The molecule has 4 nitrogen and oxygen atoms in total. The Balaban J connectivity index is 1.70. The van der Waals surface area contributed by atoms with Crippen LogP contribution in [0.5, 0.6) is 0 Å². The van der Waals surface area contributed by atoms with Crippen LogP contribution in [0, 0.1) is 11.6 Å². The third-order valence-corrected chi connectivity index (χ3v) is 4.44. The average Bonchev–Trinajstić information content (AvgIpc) is 3.01. The lowest BCUT2D eigenvalue weighted by molar-refractivity contribution is -0.137. The van der Waals surface area contributed by atoms with Crippen molar-refractivity contribution >= 4 is 23.3 Å². The van der Waals surface area contributed by atoms with Gasteiger partial charge in [0.25, 0.3) is 5.91 Å². The van der Waals surface area contributed by atoms with Gasteiger partial charge in [-0.15, -0.1) is 0 Å². The fraction of sp³-hybridized carbons (Fsp3) is 0.294. The summed E-state index contributed by atoms with van der Waals surface area (Å²) in [7, 11) is 0. The summed E-state index contributed by atoms with van der Waals surface area (Å²) in [5, 5.41) is 2.35. The predicted octanol–water partition coefficient (Wildman–Crippen LogP) is 4.04. The molecule has 2 aromatic rings. The fourth-order valence-corrected chi connectivity index (χ4v) is 3.15. The lowest BCUT2D eigenvalue weighted by Crippen LogP contribution is -2.38. The predicted molar refractivity (Wildman–Crippen MR) is 88.7 cm³/mol. The van der Waals surface area contributed by atoms with E-state index in [1.54, 1.807) is 4.90 Å². The summed E-state index contributed by atoms with van der Waals surface area (Å²) in [5.41, 5.74) is -1.64. The second kappa shape index (κ2) is 7.30. The van der Waals surface area contributed by atoms with Crippen LogP contribution in [0.25, 0.3) is 0 Å². The maximum atomic E-state index is 13.7. The van der Waals surface area contributed by atoms with Crippen LogP contribution in [0.15, 0.2) is 30.5 Å². The van der Waals surface area contributed by atoms with Crippen LogP contribution in [-0.2, 0) is 6.18 Å². The second-order valence-electron chi connectivity index (χ2n) is 6.03. The van der Waals surface area contributed by atoms with Crippen molar-refractivity contribution in [2.24, 2.45) is 0 Å². The molecule has 0 radical (unpaired) electrons. The van der Waals surface area contributed by atoms with Gasteiger partial charge in [-0.3, -0.25) is 4.79 Å². The number of amides is 1. The molecule has 2 heterocycles. The number of pyridine rings is 1. The largest absolute Gasteiger partial charge is 0.417 e. The van der Waals surface area contributed by atoms with E-state index in [-0.39, 0.29) is 17.4 Å². The number of carbonyl (C=O) groups is 1. The number of anilines is 1. The van der Waals surface area contributed by atoms with Gasteiger partial charge in [0.05, 0.1) is 10.6 Å². The third kappa shape index (κ3) is 4.13. The lowest BCUT2D eigenvalue weighted by Gasteiger charge is -2.20. The lowest BCUT2D eigenvalue weighted by atomic mass is 10.1. The minimum Gasteiger partial charge on any atom is -0.353 e. The Bertz CT molecular complexity index is 854. The van der Waals surface area contributed by atoms with Gasteiger partial charge in [-0.25, -0.2) is 13.8 Å². The van der Waals surface area contributed by atoms with E-state index in [4.69, 9.17) is 11.6 Å². The molecule has 1 fully saturated rings. The minimum absolute atomic E-state index is 0.151. The van der Waals surface area contributed by atoms with Crippen molar-refractivity contribution < 1.29 is 26.7 Å². The number of hydrogen-bond acceptors (Lipinski definition) is 3. The summed E-state index contributed by atoms with van der Waals surface area (Å²) in [6.45, 7) is 0.558. The standard InChI is InChI=1S/C17H13ClF5N3O/c18-11-6-9(17(21,22)23)7-24-15(11)26-5-4-10(8-26)25-16(27)14-12(19)2-1-3-13(14)20/h1-3,6-7,10H,4-5,8H2,(H,25,27). The minimum atomic E-state index is -4.56. The van der Waals surface area contributed by atoms with E-state index in [9.17, 15) is 26.7 Å². The number of nitrogens with zero attached hydrogens (tertiary/aromatic N) is 2. The number of halogens is 6. The van der Waals surface area contributed by atoms with Gasteiger partial charge in [-0.2, -0.15) is 13.2 Å². The summed E-state index contributed by atoms with van der Waals surface area (Å²) < 4.78 is 65.4. The third-order valence-electron chi connectivity index (χ3n) is 4.16. The number of hydrogen-bond donors (Lipinski definition) is 1. The molecule has 1 unspecified atom stereocenters. The van der Waals surface area contributed by atoms with Crippen molar-refractivity contribution in [2.45, 2.75) is 18.6 Å². The quantitative estimate of drug-likeness (QED) is 0.784. The maximum Gasteiger partial charge on any atom is 0.417 e. The molecule has 0 spiro atoms. The first-order valence-electron chi connectivity index (χ1n) is 7.89. The smallest absolute Gasteiger partial charge is 0.353 e. The van der Waals surface area contributed by atoms with E-state index in [0.717, 1.165) is 24.3 Å². The molecule has 27 heavy (non-hydrogen) atoms. The van der Waals surface area contributed by atoms with Gasteiger partial charge in [0.2, 0.25) is 0 Å². The Morgan fingerprint density at radius 1 is 1.26 bits per heavy atom. The van der Waals surface area contributed by atoms with E-state index in [1.165, 1.54) is 0 Å². The molecule has 1 saturated heterocycles. The van der Waals surface area contributed by atoms with Crippen molar-refractivity contribution in [3.63, 3.8) is 0 Å². The fourth-order valence-electron chi connectivity index (χ4n) is 2.86. The number of benzene rings is 1. The van der Waals surface area contributed by atoms with Gasteiger partial charge in [0, 0.05) is 25.3 Å². The molecule has 1 aliphatic rings. The summed E-state index contributed by atoms with van der Waals surface area (Å²) in [4.78, 5) is 17.5. The van der Waals surface area contributed by atoms with Crippen LogP contribution in [0.2, 0.25) is 5.02 Å². The zero-order chi connectivity index (χ0) is 19.8. The first-order valence-corrected chi connectivity index (χ1v) is 8.27. The topological polar surface area (TPSA) is 45.2 Å². The highest BCUT2D eigenvalue weighted by Crippen LogP contribution is 2.34. The second-order valence-corrected chi connectivity index (χ2v) is 6.44. The van der Waals surface area contributed by atoms with Gasteiger partial charge in [0.15, 0.2) is 0 Å². The normalized spacial score (nSPS) is 17.3. The molecule has 1 aromatic heterocycles. The van der Waals surface area contributed by atoms with Crippen molar-refractivity contribution in [2.75, 3.05) is 18.0 Å². The molecular weight excluding hydrogens is 393 g/mol. The highest BCUT2D eigenvalue weighted by molar-refractivity contribution is 6.33. The van der Waals surface area contributed by atoms with Gasteiger partial charge in [-0.1, -0.05) is 17.7 Å². The Morgan fingerprint density at radius 3 is 2.52 bits per heavy atom. The van der Waals surface area contributed by atoms with E-state index >= 15 is 0 Å². The summed E-state index contributed by atoms with van der Waals surface area (Å²) in [6.07, 6.45) is -3.46. The number of nitrogens with one attached hydrogen (secondary N) is 1. The van der Waals surface area contributed by atoms with Crippen molar-refractivity contribution in [1.29, 1.82) is 0 Å². The highest BCUT2D eigenvalue weighted by Gasteiger charge is 2.33. The molecule has 1 aromatic carbocycles. The van der Waals surface area contributed by atoms with Gasteiger partial charge in [-0.05, 0) is 24.6 Å². The number of rotatable bonds is 3. The van der Waals surface area contributed by atoms with Gasteiger partial charge < -0.3 is 10.2 Å². The molecule has 1 amide bonds. The number of carbonyl (C=O) groups excluding carboxylic acids is 1. The zero-order valence-corrected chi connectivity index (χ0v) is 14.4. The molecule has 0 bridgehead atoms. The Labute approximate surface area is 155 Å². The first kappa shape index (κ1) is 19.3. The van der Waals surface area contributed by atoms with Crippen LogP contribution >= 0.6 is 11.6 Å². The average molecular weight is 406 g/mol. The maximum absolute atomic E-state index is 13.7. The van der Waals surface area contributed by atoms with Crippen LogP contribution in [0.4, 0.5) is 27.8 Å². The monoisotopic (exact) mass is 405 g/mol. The van der Waals surface area contributed by atoms with E-state index in [2.05, 4.69) is 10.3 Å². The molecule has 1 N–H and O–H groups in total. The Hall–Kier alpha value is -2.42. The summed E-state index contributed by atoms with van der Waals surface area (Å²) >= 11 is 5.92. The first-order chi connectivity index (χ1) is 12.7. The molecule has 1 atom stereocenters. The molecular formula is C17H13ClF5N3O. The molecule has 3 rings (SSSR count). The van der Waals surface area contributed by atoms with Crippen molar-refractivity contribution in [3.05, 3.63) is 58.2 Å². The van der Waals surface area contributed by atoms with Crippen LogP contribution in [-0.4, -0.2) is 30.0 Å². The van der Waals surface area contributed by atoms with Gasteiger partial charge >= 0.3 is 6.18 Å². The Kier molecular flexibility index (Phi) is 5.23. The van der Waals surface area contributed by atoms with Crippen LogP contribution in [0.3, 0.4) is 0 Å².